The van der Waals surface area contributed by atoms with E-state index in [1.54, 1.807) is 12.2 Å². The SMILES string of the molecule is Nc1cc(C=CCBr)cc(C(F)(F)F)c1. The quantitative estimate of drug-likeness (QED) is 0.648. The van der Waals surface area contributed by atoms with Crippen LogP contribution in [0.5, 0.6) is 0 Å². The van der Waals surface area contributed by atoms with E-state index in [0.29, 0.717) is 10.9 Å². The number of nitrogens with two attached hydrogens (primary N) is 1. The third kappa shape index (κ3) is 3.58. The maximum atomic E-state index is 12.4. The van der Waals surface area contributed by atoms with E-state index in [2.05, 4.69) is 15.9 Å². The molecule has 0 bridgehead atoms. The second-order valence-electron chi connectivity index (χ2n) is 2.94. The van der Waals surface area contributed by atoms with Gasteiger partial charge in [-0.1, -0.05) is 28.1 Å². The fourth-order valence-corrected chi connectivity index (χ4v) is 1.30. The normalized spacial score (nSPS) is 12.3. The molecule has 82 valence electrons. The minimum absolute atomic E-state index is 0.110. The monoisotopic (exact) mass is 279 g/mol. The van der Waals surface area contributed by atoms with Crippen molar-refractivity contribution in [2.45, 2.75) is 6.18 Å². The van der Waals surface area contributed by atoms with Crippen molar-refractivity contribution in [1.82, 2.24) is 0 Å². The van der Waals surface area contributed by atoms with Gasteiger partial charge in [0.2, 0.25) is 0 Å². The summed E-state index contributed by atoms with van der Waals surface area (Å²) < 4.78 is 37.1. The Morgan fingerprint density at radius 2 is 1.93 bits per heavy atom. The Morgan fingerprint density at radius 1 is 1.27 bits per heavy atom. The summed E-state index contributed by atoms with van der Waals surface area (Å²) >= 11 is 3.14. The minimum atomic E-state index is -4.35. The number of hydrogen-bond acceptors (Lipinski definition) is 1. The first-order chi connectivity index (χ1) is 6.93. The molecule has 0 unspecified atom stereocenters. The Kier molecular flexibility index (Phi) is 3.79. The summed E-state index contributed by atoms with van der Waals surface area (Å²) in [6.45, 7) is 0. The topological polar surface area (TPSA) is 26.0 Å². The van der Waals surface area contributed by atoms with Crippen LogP contribution in [0.4, 0.5) is 18.9 Å². The molecule has 0 amide bonds. The maximum Gasteiger partial charge on any atom is 0.416 e. The van der Waals surface area contributed by atoms with Gasteiger partial charge in [0.05, 0.1) is 5.56 Å². The van der Waals surface area contributed by atoms with E-state index >= 15 is 0 Å². The van der Waals surface area contributed by atoms with Crippen molar-refractivity contribution in [3.8, 4) is 0 Å². The van der Waals surface area contributed by atoms with Crippen LogP contribution in [0.25, 0.3) is 6.08 Å². The Balaban J connectivity index is 3.11. The van der Waals surface area contributed by atoms with Crippen LogP contribution in [0.1, 0.15) is 11.1 Å². The first-order valence-electron chi connectivity index (χ1n) is 4.14. The molecular weight excluding hydrogens is 271 g/mol. The van der Waals surface area contributed by atoms with Gasteiger partial charge in [-0.05, 0) is 23.8 Å². The first kappa shape index (κ1) is 12.1. The van der Waals surface area contributed by atoms with Gasteiger partial charge in [-0.15, -0.1) is 0 Å². The molecule has 0 atom stereocenters. The molecular formula is C10H9BrF3N. The number of nitrogen functional groups attached to an aromatic ring is 1. The Morgan fingerprint density at radius 3 is 2.47 bits per heavy atom. The number of halogens is 4. The fraction of sp³-hybridized carbons (Fsp3) is 0.200. The maximum absolute atomic E-state index is 12.4. The lowest BCUT2D eigenvalue weighted by atomic mass is 10.1. The van der Waals surface area contributed by atoms with Crippen LogP contribution in [0.2, 0.25) is 0 Å². The smallest absolute Gasteiger partial charge is 0.399 e. The lowest BCUT2D eigenvalue weighted by molar-refractivity contribution is -0.137. The van der Waals surface area contributed by atoms with Crippen LogP contribution in [0.15, 0.2) is 24.3 Å². The van der Waals surface area contributed by atoms with Gasteiger partial charge in [-0.3, -0.25) is 0 Å². The third-order valence-corrected chi connectivity index (χ3v) is 2.08. The molecule has 2 N–H and O–H groups in total. The molecule has 1 aromatic rings. The van der Waals surface area contributed by atoms with Crippen LogP contribution >= 0.6 is 15.9 Å². The van der Waals surface area contributed by atoms with E-state index in [0.717, 1.165) is 12.1 Å². The standard InChI is InChI=1S/C10H9BrF3N/c11-3-1-2-7-4-8(10(12,13)14)6-9(15)5-7/h1-2,4-6H,3,15H2. The van der Waals surface area contributed by atoms with Crippen LogP contribution in [-0.2, 0) is 6.18 Å². The highest BCUT2D eigenvalue weighted by atomic mass is 79.9. The third-order valence-electron chi connectivity index (χ3n) is 1.70. The highest BCUT2D eigenvalue weighted by Crippen LogP contribution is 2.31. The van der Waals surface area contributed by atoms with Crippen molar-refractivity contribution in [3.05, 3.63) is 35.4 Å². The molecule has 0 aromatic heterocycles. The molecule has 0 radical (unpaired) electrons. The molecule has 5 heteroatoms. The van der Waals surface area contributed by atoms with Crippen molar-refractivity contribution in [2.75, 3.05) is 11.1 Å². The lowest BCUT2D eigenvalue weighted by Crippen LogP contribution is -2.06. The Bertz CT molecular complexity index is 371. The van der Waals surface area contributed by atoms with Gasteiger partial charge in [0.25, 0.3) is 0 Å². The van der Waals surface area contributed by atoms with Crippen LogP contribution in [0.3, 0.4) is 0 Å². The van der Waals surface area contributed by atoms with Gasteiger partial charge >= 0.3 is 6.18 Å². The predicted octanol–water partition coefficient (Wildman–Crippen LogP) is 3.70. The molecule has 0 saturated heterocycles. The van der Waals surface area contributed by atoms with Crippen molar-refractivity contribution in [1.29, 1.82) is 0 Å². The van der Waals surface area contributed by atoms with Crippen molar-refractivity contribution >= 4 is 27.7 Å². The van der Waals surface area contributed by atoms with Gasteiger partial charge in [0.1, 0.15) is 0 Å². The molecule has 0 aliphatic heterocycles. The predicted molar refractivity (Wildman–Crippen MR) is 58.7 cm³/mol. The van der Waals surface area contributed by atoms with Gasteiger partial charge in [0, 0.05) is 11.0 Å². The summed E-state index contributed by atoms with van der Waals surface area (Å²) in [5, 5.41) is 0.586. The average Bonchev–Trinajstić information content (AvgIpc) is 2.12. The van der Waals surface area contributed by atoms with Crippen LogP contribution in [-0.4, -0.2) is 5.33 Å². The molecule has 1 aromatic carbocycles. The lowest BCUT2D eigenvalue weighted by Gasteiger charge is -2.08. The van der Waals surface area contributed by atoms with Crippen LogP contribution < -0.4 is 5.73 Å². The van der Waals surface area contributed by atoms with Gasteiger partial charge < -0.3 is 5.73 Å². The number of alkyl halides is 4. The van der Waals surface area contributed by atoms with E-state index in [4.69, 9.17) is 5.73 Å². The summed E-state index contributed by atoms with van der Waals surface area (Å²) in [5.74, 6) is 0. The minimum Gasteiger partial charge on any atom is -0.399 e. The zero-order valence-corrected chi connectivity index (χ0v) is 9.27. The first-order valence-corrected chi connectivity index (χ1v) is 5.26. The molecule has 0 heterocycles. The second-order valence-corrected chi connectivity index (χ2v) is 3.59. The van der Waals surface area contributed by atoms with E-state index < -0.39 is 11.7 Å². The molecule has 0 saturated carbocycles. The Hall–Kier alpha value is -0.970. The number of rotatable bonds is 2. The highest BCUT2D eigenvalue weighted by molar-refractivity contribution is 9.09. The Labute approximate surface area is 93.9 Å². The largest absolute Gasteiger partial charge is 0.416 e. The molecule has 1 nitrogen and oxygen atoms in total. The van der Waals surface area contributed by atoms with Gasteiger partial charge in [0.15, 0.2) is 0 Å². The van der Waals surface area contributed by atoms with Crippen molar-refractivity contribution < 1.29 is 13.2 Å². The molecule has 0 fully saturated rings. The fourth-order valence-electron chi connectivity index (χ4n) is 1.12. The number of allylic oxidation sites excluding steroid dienone is 1. The number of benzene rings is 1. The second kappa shape index (κ2) is 4.70. The summed E-state index contributed by atoms with van der Waals surface area (Å²) in [5.41, 5.74) is 5.21. The molecule has 1 rings (SSSR count). The number of hydrogen-bond donors (Lipinski definition) is 1. The number of anilines is 1. The molecule has 15 heavy (non-hydrogen) atoms. The summed E-state index contributed by atoms with van der Waals surface area (Å²) in [4.78, 5) is 0. The van der Waals surface area contributed by atoms with Gasteiger partial charge in [-0.25, -0.2) is 0 Å². The van der Waals surface area contributed by atoms with E-state index in [-0.39, 0.29) is 5.69 Å². The van der Waals surface area contributed by atoms with Crippen LogP contribution in [0, 0.1) is 0 Å². The average molecular weight is 280 g/mol. The van der Waals surface area contributed by atoms with Crippen molar-refractivity contribution in [2.24, 2.45) is 0 Å². The van der Waals surface area contributed by atoms with E-state index in [1.807, 2.05) is 0 Å². The van der Waals surface area contributed by atoms with Crippen molar-refractivity contribution in [3.63, 3.8) is 0 Å². The molecule has 0 aliphatic carbocycles. The zero-order valence-electron chi connectivity index (χ0n) is 7.68. The van der Waals surface area contributed by atoms with E-state index in [1.165, 1.54) is 6.07 Å². The summed E-state index contributed by atoms with van der Waals surface area (Å²) in [6.07, 6.45) is -1.07. The van der Waals surface area contributed by atoms with E-state index in [9.17, 15) is 13.2 Å². The van der Waals surface area contributed by atoms with Gasteiger partial charge in [-0.2, -0.15) is 13.2 Å². The zero-order chi connectivity index (χ0) is 11.5. The highest BCUT2D eigenvalue weighted by Gasteiger charge is 2.30. The summed E-state index contributed by atoms with van der Waals surface area (Å²) in [6, 6.07) is 3.48. The summed E-state index contributed by atoms with van der Waals surface area (Å²) in [7, 11) is 0. The molecule has 0 spiro atoms. The molecule has 0 aliphatic rings.